The van der Waals surface area contributed by atoms with Crippen LogP contribution in [0.25, 0.3) is 0 Å². The van der Waals surface area contributed by atoms with Crippen LogP contribution in [-0.2, 0) is 14.6 Å². The summed E-state index contributed by atoms with van der Waals surface area (Å²) < 4.78 is 24.3. The number of nitrogens with one attached hydrogen (secondary N) is 1. The molecule has 2 aromatic rings. The minimum absolute atomic E-state index is 0.135. The number of carbonyl (C=O) groups excluding carboxylic acids is 1. The number of benzene rings is 2. The van der Waals surface area contributed by atoms with Crippen LogP contribution in [-0.4, -0.2) is 20.1 Å². The second-order valence-corrected chi connectivity index (χ2v) is 6.74. The molecule has 21 heavy (non-hydrogen) atoms. The zero-order chi connectivity index (χ0) is 15.5. The number of sulfone groups is 1. The zero-order valence-electron chi connectivity index (χ0n) is 11.5. The summed E-state index contributed by atoms with van der Waals surface area (Å²) in [7, 11) is -3.65. The summed E-state index contributed by atoms with van der Waals surface area (Å²) >= 11 is 0. The molecule has 0 radical (unpaired) electrons. The van der Waals surface area contributed by atoms with Crippen molar-refractivity contribution in [2.24, 2.45) is 0 Å². The third kappa shape index (κ3) is 4.06. The van der Waals surface area contributed by atoms with Crippen molar-refractivity contribution in [1.29, 1.82) is 0 Å². The lowest BCUT2D eigenvalue weighted by molar-refractivity contribution is -0.113. The van der Waals surface area contributed by atoms with Crippen molar-refractivity contribution in [3.8, 4) is 0 Å². The Kier molecular flexibility index (Phi) is 4.28. The molecule has 0 saturated heterocycles. The maximum Gasteiger partial charge on any atom is 0.239 e. The first-order chi connectivity index (χ1) is 9.87. The molecule has 0 bridgehead atoms. The summed E-state index contributed by atoms with van der Waals surface area (Å²) in [6.07, 6.45) is 0. The molecule has 110 valence electrons. The van der Waals surface area contributed by atoms with E-state index < -0.39 is 21.5 Å². The van der Waals surface area contributed by atoms with Gasteiger partial charge in [-0.2, -0.15) is 0 Å². The Bertz CT molecular complexity index is 753. The minimum atomic E-state index is -3.65. The number of anilines is 2. The molecule has 0 saturated carbocycles. The lowest BCUT2D eigenvalue weighted by atomic mass is 10.2. The lowest BCUT2D eigenvalue weighted by Crippen LogP contribution is -2.23. The first-order valence-corrected chi connectivity index (χ1v) is 7.97. The highest BCUT2D eigenvalue weighted by Gasteiger charge is 2.19. The van der Waals surface area contributed by atoms with E-state index in [9.17, 15) is 13.2 Å². The van der Waals surface area contributed by atoms with E-state index in [4.69, 9.17) is 5.73 Å². The fourth-order valence-corrected chi connectivity index (χ4v) is 2.95. The molecule has 0 aliphatic carbocycles. The molecule has 0 fully saturated rings. The third-order valence-corrected chi connectivity index (χ3v) is 4.50. The molecule has 1 amide bonds. The largest absolute Gasteiger partial charge is 0.399 e. The van der Waals surface area contributed by atoms with E-state index in [0.717, 1.165) is 5.56 Å². The van der Waals surface area contributed by atoms with Crippen LogP contribution in [0.1, 0.15) is 5.56 Å². The normalized spacial score (nSPS) is 11.1. The van der Waals surface area contributed by atoms with E-state index in [1.807, 2.05) is 6.92 Å². The van der Waals surface area contributed by atoms with Crippen LogP contribution in [0.5, 0.6) is 0 Å². The molecule has 2 aromatic carbocycles. The van der Waals surface area contributed by atoms with E-state index >= 15 is 0 Å². The molecule has 0 spiro atoms. The number of hydrogen-bond donors (Lipinski definition) is 2. The second kappa shape index (κ2) is 5.97. The number of amides is 1. The number of rotatable bonds is 4. The SMILES string of the molecule is Cc1ccc(S(=O)(=O)CC(=O)Nc2cccc(N)c2)cc1. The maximum absolute atomic E-state index is 12.1. The molecule has 0 atom stereocenters. The highest BCUT2D eigenvalue weighted by Crippen LogP contribution is 2.14. The van der Waals surface area contributed by atoms with Crippen molar-refractivity contribution in [3.05, 3.63) is 54.1 Å². The average Bonchev–Trinajstić information content (AvgIpc) is 2.38. The summed E-state index contributed by atoms with van der Waals surface area (Å²) in [5.41, 5.74) is 7.52. The van der Waals surface area contributed by atoms with Gasteiger partial charge in [0.25, 0.3) is 0 Å². The van der Waals surface area contributed by atoms with Crippen LogP contribution in [0.4, 0.5) is 11.4 Å². The zero-order valence-corrected chi connectivity index (χ0v) is 12.4. The molecular weight excluding hydrogens is 288 g/mol. The van der Waals surface area contributed by atoms with Crippen LogP contribution in [0.3, 0.4) is 0 Å². The highest BCUT2D eigenvalue weighted by molar-refractivity contribution is 7.92. The van der Waals surface area contributed by atoms with Crippen molar-refractivity contribution in [2.45, 2.75) is 11.8 Å². The number of carbonyl (C=O) groups is 1. The van der Waals surface area contributed by atoms with E-state index in [-0.39, 0.29) is 4.90 Å². The fraction of sp³-hybridized carbons (Fsp3) is 0.133. The molecular formula is C15H16N2O3S. The topological polar surface area (TPSA) is 89.3 Å². The smallest absolute Gasteiger partial charge is 0.239 e. The van der Waals surface area contributed by atoms with Crippen molar-refractivity contribution in [1.82, 2.24) is 0 Å². The van der Waals surface area contributed by atoms with Gasteiger partial charge in [0, 0.05) is 11.4 Å². The van der Waals surface area contributed by atoms with Gasteiger partial charge in [0.2, 0.25) is 5.91 Å². The predicted octanol–water partition coefficient (Wildman–Crippen LogP) is 1.99. The first kappa shape index (κ1) is 15.1. The Hall–Kier alpha value is -2.34. The highest BCUT2D eigenvalue weighted by atomic mass is 32.2. The maximum atomic E-state index is 12.1. The fourth-order valence-electron chi connectivity index (χ4n) is 1.82. The number of aryl methyl sites for hydroxylation is 1. The Morgan fingerprint density at radius 2 is 1.81 bits per heavy atom. The van der Waals surface area contributed by atoms with Crippen molar-refractivity contribution in [2.75, 3.05) is 16.8 Å². The van der Waals surface area contributed by atoms with Gasteiger partial charge in [-0.25, -0.2) is 8.42 Å². The Labute approximate surface area is 123 Å². The van der Waals surface area contributed by atoms with Crippen LogP contribution >= 0.6 is 0 Å². The van der Waals surface area contributed by atoms with E-state index in [1.165, 1.54) is 12.1 Å². The van der Waals surface area contributed by atoms with Gasteiger partial charge in [-0.15, -0.1) is 0 Å². The van der Waals surface area contributed by atoms with Gasteiger partial charge < -0.3 is 11.1 Å². The van der Waals surface area contributed by atoms with Gasteiger partial charge in [0.15, 0.2) is 9.84 Å². The quantitative estimate of drug-likeness (QED) is 0.845. The summed E-state index contributed by atoms with van der Waals surface area (Å²) in [6, 6.07) is 13.0. The third-order valence-electron chi connectivity index (χ3n) is 2.87. The average molecular weight is 304 g/mol. The van der Waals surface area contributed by atoms with Crippen molar-refractivity contribution in [3.63, 3.8) is 0 Å². The van der Waals surface area contributed by atoms with Crippen LogP contribution in [0, 0.1) is 6.92 Å². The van der Waals surface area contributed by atoms with Crippen LogP contribution < -0.4 is 11.1 Å². The van der Waals surface area contributed by atoms with Gasteiger partial charge in [-0.3, -0.25) is 4.79 Å². The van der Waals surface area contributed by atoms with E-state index in [2.05, 4.69) is 5.32 Å². The number of hydrogen-bond acceptors (Lipinski definition) is 4. The molecule has 0 unspecified atom stereocenters. The Balaban J connectivity index is 2.09. The van der Waals surface area contributed by atoms with Crippen LogP contribution in [0.15, 0.2) is 53.4 Å². The molecule has 6 heteroatoms. The first-order valence-electron chi connectivity index (χ1n) is 6.32. The van der Waals surface area contributed by atoms with Crippen molar-refractivity contribution < 1.29 is 13.2 Å². The predicted molar refractivity (Wildman–Crippen MR) is 82.7 cm³/mol. The van der Waals surface area contributed by atoms with E-state index in [0.29, 0.717) is 11.4 Å². The van der Waals surface area contributed by atoms with Crippen molar-refractivity contribution >= 4 is 27.1 Å². The van der Waals surface area contributed by atoms with Gasteiger partial charge in [-0.05, 0) is 37.3 Å². The molecule has 2 rings (SSSR count). The lowest BCUT2D eigenvalue weighted by Gasteiger charge is -2.07. The summed E-state index contributed by atoms with van der Waals surface area (Å²) in [6.45, 7) is 1.86. The molecule has 3 N–H and O–H groups in total. The van der Waals surface area contributed by atoms with Gasteiger partial charge in [0.1, 0.15) is 5.75 Å². The van der Waals surface area contributed by atoms with Crippen LogP contribution in [0.2, 0.25) is 0 Å². The number of nitrogen functional groups attached to an aromatic ring is 1. The number of nitrogens with two attached hydrogens (primary N) is 1. The molecule has 0 aromatic heterocycles. The molecule has 0 aliphatic rings. The Morgan fingerprint density at radius 1 is 1.14 bits per heavy atom. The Morgan fingerprint density at radius 3 is 2.43 bits per heavy atom. The molecule has 5 nitrogen and oxygen atoms in total. The summed E-state index contributed by atoms with van der Waals surface area (Å²) in [4.78, 5) is 12.0. The summed E-state index contributed by atoms with van der Waals surface area (Å²) in [5, 5.41) is 2.52. The van der Waals surface area contributed by atoms with E-state index in [1.54, 1.807) is 36.4 Å². The second-order valence-electron chi connectivity index (χ2n) is 4.75. The minimum Gasteiger partial charge on any atom is -0.399 e. The monoisotopic (exact) mass is 304 g/mol. The standard InChI is InChI=1S/C15H16N2O3S/c1-11-5-7-14(8-6-11)21(19,20)10-15(18)17-13-4-2-3-12(16)9-13/h2-9H,10,16H2,1H3,(H,17,18). The van der Waals surface area contributed by atoms with Gasteiger partial charge in [-0.1, -0.05) is 23.8 Å². The summed E-state index contributed by atoms with van der Waals surface area (Å²) in [5.74, 6) is -1.20. The molecule has 0 heterocycles. The van der Waals surface area contributed by atoms with Gasteiger partial charge >= 0.3 is 0 Å². The molecule has 0 aliphatic heterocycles. The van der Waals surface area contributed by atoms with Gasteiger partial charge in [0.05, 0.1) is 4.90 Å².